The van der Waals surface area contributed by atoms with Crippen LogP contribution in [-0.2, 0) is 6.42 Å². The number of hydrogen-bond acceptors (Lipinski definition) is 1. The van der Waals surface area contributed by atoms with Crippen molar-refractivity contribution in [3.8, 4) is 0 Å². The van der Waals surface area contributed by atoms with Gasteiger partial charge in [0.25, 0.3) is 5.91 Å². The third-order valence-electron chi connectivity index (χ3n) is 3.69. The first-order valence-electron chi connectivity index (χ1n) is 6.65. The largest absolute Gasteiger partial charge is 0.305 e. The molecular formula is C17H17NO. The molecule has 0 radical (unpaired) electrons. The minimum atomic E-state index is 0.0983. The quantitative estimate of drug-likeness (QED) is 0.758. The fourth-order valence-corrected chi connectivity index (χ4v) is 2.79. The minimum absolute atomic E-state index is 0.0983. The van der Waals surface area contributed by atoms with E-state index in [1.54, 1.807) is 0 Å². The number of amides is 1. The molecule has 1 aliphatic heterocycles. The Morgan fingerprint density at radius 3 is 2.74 bits per heavy atom. The van der Waals surface area contributed by atoms with E-state index in [1.165, 1.54) is 5.56 Å². The molecule has 2 aromatic rings. The number of carbonyl (C=O) groups is 1. The zero-order valence-corrected chi connectivity index (χ0v) is 11.3. The number of aryl methyl sites for hydroxylation is 1. The molecule has 2 aromatic carbocycles. The van der Waals surface area contributed by atoms with Gasteiger partial charge in [0.1, 0.15) is 0 Å². The molecule has 1 amide bonds. The van der Waals surface area contributed by atoms with Gasteiger partial charge in [-0.3, -0.25) is 4.79 Å². The van der Waals surface area contributed by atoms with E-state index in [1.807, 2.05) is 54.3 Å². The SMILES string of the molecule is Cc1cccc(C(=O)N2c3ccccc3C[C@H]2C)c1. The first kappa shape index (κ1) is 12.0. The van der Waals surface area contributed by atoms with Gasteiger partial charge in [-0.05, 0) is 44.0 Å². The van der Waals surface area contributed by atoms with Crippen LogP contribution in [0.4, 0.5) is 5.69 Å². The summed E-state index contributed by atoms with van der Waals surface area (Å²) in [6.07, 6.45) is 0.938. The van der Waals surface area contributed by atoms with Gasteiger partial charge in [-0.25, -0.2) is 0 Å². The van der Waals surface area contributed by atoms with Crippen LogP contribution in [0.15, 0.2) is 48.5 Å². The van der Waals surface area contributed by atoms with Gasteiger partial charge in [-0.2, -0.15) is 0 Å². The van der Waals surface area contributed by atoms with Gasteiger partial charge >= 0.3 is 0 Å². The van der Waals surface area contributed by atoms with Crippen molar-refractivity contribution in [1.82, 2.24) is 0 Å². The summed E-state index contributed by atoms with van der Waals surface area (Å²) < 4.78 is 0. The van der Waals surface area contributed by atoms with E-state index < -0.39 is 0 Å². The molecule has 0 N–H and O–H groups in total. The van der Waals surface area contributed by atoms with E-state index in [9.17, 15) is 4.79 Å². The van der Waals surface area contributed by atoms with Gasteiger partial charge in [0.15, 0.2) is 0 Å². The Kier molecular flexibility index (Phi) is 2.86. The van der Waals surface area contributed by atoms with E-state index in [-0.39, 0.29) is 11.9 Å². The summed E-state index contributed by atoms with van der Waals surface area (Å²) in [7, 11) is 0. The molecule has 1 atom stereocenters. The first-order chi connectivity index (χ1) is 9.16. The van der Waals surface area contributed by atoms with Crippen molar-refractivity contribution >= 4 is 11.6 Å². The highest BCUT2D eigenvalue weighted by molar-refractivity contribution is 6.07. The molecule has 96 valence electrons. The van der Waals surface area contributed by atoms with Gasteiger partial charge < -0.3 is 4.90 Å². The second-order valence-corrected chi connectivity index (χ2v) is 5.23. The van der Waals surface area contributed by atoms with Crippen molar-refractivity contribution in [1.29, 1.82) is 0 Å². The summed E-state index contributed by atoms with van der Waals surface area (Å²) in [6.45, 7) is 4.12. The van der Waals surface area contributed by atoms with Crippen molar-refractivity contribution in [2.45, 2.75) is 26.3 Å². The standard InChI is InChI=1S/C17H17NO/c1-12-6-5-8-15(10-12)17(19)18-13(2)11-14-7-3-4-9-16(14)18/h3-10,13H,11H2,1-2H3/t13-/m1/s1. The van der Waals surface area contributed by atoms with Crippen molar-refractivity contribution in [3.63, 3.8) is 0 Å². The monoisotopic (exact) mass is 251 g/mol. The highest BCUT2D eigenvalue weighted by atomic mass is 16.2. The Labute approximate surface area is 113 Å². The maximum atomic E-state index is 12.7. The smallest absolute Gasteiger partial charge is 0.258 e. The number of hydrogen-bond donors (Lipinski definition) is 0. The zero-order chi connectivity index (χ0) is 13.4. The molecule has 0 saturated carbocycles. The number of para-hydroxylation sites is 1. The lowest BCUT2D eigenvalue weighted by atomic mass is 10.1. The van der Waals surface area contributed by atoms with Crippen LogP contribution in [-0.4, -0.2) is 11.9 Å². The second-order valence-electron chi connectivity index (χ2n) is 5.23. The molecule has 0 aliphatic carbocycles. The molecule has 0 fully saturated rings. The number of carbonyl (C=O) groups excluding carboxylic acids is 1. The van der Waals surface area contributed by atoms with Crippen molar-refractivity contribution in [2.24, 2.45) is 0 Å². The lowest BCUT2D eigenvalue weighted by Gasteiger charge is -2.23. The maximum Gasteiger partial charge on any atom is 0.258 e. The summed E-state index contributed by atoms with van der Waals surface area (Å²) >= 11 is 0. The number of rotatable bonds is 1. The summed E-state index contributed by atoms with van der Waals surface area (Å²) in [4.78, 5) is 14.6. The van der Waals surface area contributed by atoms with Gasteiger partial charge in [-0.1, -0.05) is 35.9 Å². The minimum Gasteiger partial charge on any atom is -0.305 e. The van der Waals surface area contributed by atoms with Crippen LogP contribution in [0.5, 0.6) is 0 Å². The van der Waals surface area contributed by atoms with Crippen LogP contribution in [0, 0.1) is 6.92 Å². The molecule has 0 aromatic heterocycles. The Balaban J connectivity index is 2.01. The fourth-order valence-electron chi connectivity index (χ4n) is 2.79. The van der Waals surface area contributed by atoms with Crippen molar-refractivity contribution < 1.29 is 4.79 Å². The predicted molar refractivity (Wildman–Crippen MR) is 77.6 cm³/mol. The maximum absolute atomic E-state index is 12.7. The van der Waals surface area contributed by atoms with Crippen LogP contribution in [0.3, 0.4) is 0 Å². The van der Waals surface area contributed by atoms with Crippen LogP contribution < -0.4 is 4.90 Å². The molecule has 1 aliphatic rings. The second kappa shape index (κ2) is 4.54. The van der Waals surface area contributed by atoms with E-state index in [4.69, 9.17) is 0 Å². The molecule has 0 saturated heterocycles. The summed E-state index contributed by atoms with van der Waals surface area (Å²) in [6, 6.07) is 16.2. The average Bonchev–Trinajstić information content (AvgIpc) is 2.74. The number of nitrogens with zero attached hydrogens (tertiary/aromatic N) is 1. The molecule has 1 heterocycles. The van der Waals surface area contributed by atoms with Gasteiger partial charge in [0.05, 0.1) is 0 Å². The lowest BCUT2D eigenvalue weighted by molar-refractivity contribution is 0.0981. The van der Waals surface area contributed by atoms with Gasteiger partial charge in [0, 0.05) is 17.3 Å². The highest BCUT2D eigenvalue weighted by Gasteiger charge is 2.30. The van der Waals surface area contributed by atoms with Gasteiger partial charge in [-0.15, -0.1) is 0 Å². The molecule has 3 rings (SSSR count). The molecule has 0 bridgehead atoms. The Hall–Kier alpha value is -2.09. The summed E-state index contributed by atoms with van der Waals surface area (Å²) in [5, 5.41) is 0. The van der Waals surface area contributed by atoms with Crippen LogP contribution in [0.25, 0.3) is 0 Å². The molecule has 0 unspecified atom stereocenters. The number of fused-ring (bicyclic) bond motifs is 1. The Morgan fingerprint density at radius 2 is 1.95 bits per heavy atom. The third-order valence-corrected chi connectivity index (χ3v) is 3.69. The Morgan fingerprint density at radius 1 is 1.16 bits per heavy atom. The predicted octanol–water partition coefficient (Wildman–Crippen LogP) is 3.59. The van der Waals surface area contributed by atoms with E-state index in [0.717, 1.165) is 23.2 Å². The average molecular weight is 251 g/mol. The summed E-state index contributed by atoms with van der Waals surface area (Å²) in [5.41, 5.74) is 4.20. The fraction of sp³-hybridized carbons (Fsp3) is 0.235. The first-order valence-corrected chi connectivity index (χ1v) is 6.65. The van der Waals surface area contributed by atoms with Crippen molar-refractivity contribution in [3.05, 3.63) is 65.2 Å². The van der Waals surface area contributed by atoms with Crippen LogP contribution >= 0.6 is 0 Å². The third kappa shape index (κ3) is 2.03. The molecule has 19 heavy (non-hydrogen) atoms. The van der Waals surface area contributed by atoms with E-state index in [2.05, 4.69) is 13.0 Å². The normalized spacial score (nSPS) is 17.4. The molecule has 0 spiro atoms. The molecule has 2 heteroatoms. The molecule has 2 nitrogen and oxygen atoms in total. The topological polar surface area (TPSA) is 20.3 Å². The Bertz CT molecular complexity index is 633. The van der Waals surface area contributed by atoms with Crippen molar-refractivity contribution in [2.75, 3.05) is 4.90 Å². The molecular weight excluding hydrogens is 234 g/mol. The highest BCUT2D eigenvalue weighted by Crippen LogP contribution is 2.33. The number of anilines is 1. The zero-order valence-electron chi connectivity index (χ0n) is 11.3. The lowest BCUT2D eigenvalue weighted by Crippen LogP contribution is -2.35. The van der Waals surface area contributed by atoms with Gasteiger partial charge in [0.2, 0.25) is 0 Å². The van der Waals surface area contributed by atoms with E-state index >= 15 is 0 Å². The van der Waals surface area contributed by atoms with Crippen LogP contribution in [0.1, 0.15) is 28.4 Å². The summed E-state index contributed by atoms with van der Waals surface area (Å²) in [5.74, 6) is 0.0983. The van der Waals surface area contributed by atoms with Crippen LogP contribution in [0.2, 0.25) is 0 Å². The van der Waals surface area contributed by atoms with E-state index in [0.29, 0.717) is 0 Å². The number of benzene rings is 2.